The van der Waals surface area contributed by atoms with Gasteiger partial charge in [-0.1, -0.05) is 0 Å². The van der Waals surface area contributed by atoms with Gasteiger partial charge in [0.1, 0.15) is 0 Å². The zero-order valence-electron chi connectivity index (χ0n) is 15.8. The van der Waals surface area contributed by atoms with Gasteiger partial charge in [0, 0.05) is 0 Å². The molecule has 0 radical (unpaired) electrons. The Morgan fingerprint density at radius 3 is 1.19 bits per heavy atom. The summed E-state index contributed by atoms with van der Waals surface area (Å²) >= 11 is 0. The van der Waals surface area contributed by atoms with Gasteiger partial charge in [-0.2, -0.15) is 0 Å². The van der Waals surface area contributed by atoms with E-state index in [-0.39, 0.29) is 17.0 Å². The molecule has 0 aromatic heterocycles. The number of halogens is 1. The zero-order valence-corrected chi connectivity index (χ0v) is 18.5. The molecule has 138 valence electrons. The molecule has 0 heterocycles. The molecule has 0 saturated heterocycles. The molecule has 26 heavy (non-hydrogen) atoms. The Bertz CT molecular complexity index is 678. The third kappa shape index (κ3) is 3.78. The van der Waals surface area contributed by atoms with E-state index in [1.807, 2.05) is 0 Å². The van der Waals surface area contributed by atoms with E-state index < -0.39 is 7.26 Å². The van der Waals surface area contributed by atoms with E-state index in [4.69, 9.17) is 0 Å². The van der Waals surface area contributed by atoms with E-state index in [0.717, 1.165) is 6.42 Å². The normalized spacial score (nSPS) is 13.1. The molecule has 0 spiro atoms. The molecule has 1 nitrogen and oxygen atoms in total. The van der Waals surface area contributed by atoms with Gasteiger partial charge in [0.2, 0.25) is 0 Å². The van der Waals surface area contributed by atoms with Gasteiger partial charge in [0.15, 0.2) is 0 Å². The molecule has 0 aliphatic rings. The predicted octanol–water partition coefficient (Wildman–Crippen LogP) is 4.59. The van der Waals surface area contributed by atoms with Crippen LogP contribution in [-0.4, -0.2) is 24.8 Å². The Morgan fingerprint density at radius 1 is 0.654 bits per heavy atom. The molecule has 1 unspecified atom stereocenters. The van der Waals surface area contributed by atoms with E-state index in [0.29, 0.717) is 5.78 Å². The van der Waals surface area contributed by atoms with E-state index in [1.165, 1.54) is 15.9 Å². The molecule has 0 saturated carbocycles. The van der Waals surface area contributed by atoms with Gasteiger partial charge in [0.05, 0.1) is 0 Å². The molecule has 0 bridgehead atoms. The van der Waals surface area contributed by atoms with Gasteiger partial charge >= 0.3 is 152 Å². The fourth-order valence-corrected chi connectivity index (χ4v) is 9.93. The quantitative estimate of drug-likeness (QED) is 0.518. The predicted molar refractivity (Wildman–Crippen MR) is 125 cm³/mol. The van der Waals surface area contributed by atoms with Crippen molar-refractivity contribution in [2.45, 2.75) is 19.1 Å². The zero-order chi connectivity index (χ0) is 17.7. The van der Waals surface area contributed by atoms with Crippen LogP contribution in [0.15, 0.2) is 91.0 Å². The summed E-state index contributed by atoms with van der Waals surface area (Å²) in [5.74, 6) is 0.486. The number of benzene rings is 3. The molecule has 0 aliphatic carbocycles. The summed E-state index contributed by atoms with van der Waals surface area (Å²) in [6.45, 7) is 2.32. The fraction of sp³-hybridized carbons (Fsp3) is 0.217. The molecule has 3 rings (SSSR count). The van der Waals surface area contributed by atoms with Crippen LogP contribution >= 0.6 is 24.2 Å². The van der Waals surface area contributed by atoms with Crippen molar-refractivity contribution in [2.24, 2.45) is 0 Å². The number of rotatable bonds is 6. The molecule has 0 aliphatic heterocycles. The Balaban J connectivity index is 0.00000243. The first-order valence-electron chi connectivity index (χ1n) is 9.04. The van der Waals surface area contributed by atoms with E-state index in [9.17, 15) is 0 Å². The molecule has 3 heteroatoms. The molecular weight excluding hydrogens is 401 g/mol. The minimum absolute atomic E-state index is 0. The van der Waals surface area contributed by atoms with Gasteiger partial charge < -0.3 is 0 Å². The first-order chi connectivity index (χ1) is 12.2. The van der Waals surface area contributed by atoms with Gasteiger partial charge in [-0.25, -0.2) is 0 Å². The second kappa shape index (κ2) is 9.46. The van der Waals surface area contributed by atoms with Gasteiger partial charge in [-0.3, -0.25) is 0 Å². The molecule has 3 aromatic carbocycles. The third-order valence-electron chi connectivity index (χ3n) is 5.20. The fourth-order valence-electron chi connectivity index (χ4n) is 4.24. The molecule has 3 aromatic rings. The Labute approximate surface area is 169 Å². The summed E-state index contributed by atoms with van der Waals surface area (Å²) in [4.78, 5) is 2.43. The van der Waals surface area contributed by atoms with Crippen LogP contribution in [0.2, 0.25) is 0 Å². The second-order valence-corrected chi connectivity index (χ2v) is 10.8. The van der Waals surface area contributed by atoms with Gasteiger partial charge in [-0.15, -0.1) is 17.0 Å². The van der Waals surface area contributed by atoms with Crippen LogP contribution in [0.1, 0.15) is 13.3 Å². The van der Waals surface area contributed by atoms with Crippen LogP contribution in [0, 0.1) is 0 Å². The van der Waals surface area contributed by atoms with Gasteiger partial charge in [-0.05, 0) is 0 Å². The summed E-state index contributed by atoms with van der Waals surface area (Å²) < 4.78 is 0. The maximum absolute atomic E-state index is 2.43. The minimum atomic E-state index is -2.19. The van der Waals surface area contributed by atoms with E-state index in [1.54, 1.807) is 0 Å². The van der Waals surface area contributed by atoms with Crippen molar-refractivity contribution in [1.82, 2.24) is 4.90 Å². The average molecular weight is 430 g/mol. The average Bonchev–Trinajstić information content (AvgIpc) is 2.68. The first kappa shape index (κ1) is 20.8. The molecule has 1 atom stereocenters. The molecule has 0 N–H and O–H groups in total. The van der Waals surface area contributed by atoms with Crippen molar-refractivity contribution in [2.75, 3.05) is 14.1 Å². The van der Waals surface area contributed by atoms with Crippen LogP contribution < -0.4 is 15.9 Å². The monoisotopic (exact) mass is 429 g/mol. The first-order valence-corrected chi connectivity index (χ1v) is 11.1. The molecule has 0 amide bonds. The van der Waals surface area contributed by atoms with Crippen molar-refractivity contribution < 1.29 is 0 Å². The SMILES string of the molecule is Br.CCC(N(C)C)[PH](c1ccccc1)(c1ccccc1)c1ccccc1. The van der Waals surface area contributed by atoms with Crippen LogP contribution in [0.3, 0.4) is 0 Å². The van der Waals surface area contributed by atoms with Crippen molar-refractivity contribution in [3.63, 3.8) is 0 Å². The van der Waals surface area contributed by atoms with Crippen LogP contribution in [0.4, 0.5) is 0 Å². The number of nitrogens with zero attached hydrogens (tertiary/aromatic N) is 1. The third-order valence-corrected chi connectivity index (χ3v) is 10.9. The Hall–Kier alpha value is -1.47. The van der Waals surface area contributed by atoms with Crippen LogP contribution in [-0.2, 0) is 0 Å². The van der Waals surface area contributed by atoms with Gasteiger partial charge in [0.25, 0.3) is 0 Å². The summed E-state index contributed by atoms with van der Waals surface area (Å²) in [6, 6.07) is 33.5. The number of hydrogen-bond acceptors (Lipinski definition) is 1. The summed E-state index contributed by atoms with van der Waals surface area (Å²) in [5, 5.41) is 4.44. The molecular formula is C23H29BrNP. The van der Waals surface area contributed by atoms with Crippen LogP contribution in [0.5, 0.6) is 0 Å². The standard InChI is InChI=1S/C23H28NP.BrH/c1-4-23(24(2)3)25(20-14-8-5-9-15-20,21-16-10-6-11-17-21)22-18-12-7-13-19-22;/h5-19,23,25H,4H2,1-3H3;1H. The number of hydrogen-bond donors (Lipinski definition) is 0. The summed E-state index contributed by atoms with van der Waals surface area (Å²) in [5.41, 5.74) is 0. The topological polar surface area (TPSA) is 3.24 Å². The summed E-state index contributed by atoms with van der Waals surface area (Å²) in [6.07, 6.45) is 1.12. The Morgan fingerprint density at radius 2 is 0.962 bits per heavy atom. The van der Waals surface area contributed by atoms with Crippen molar-refractivity contribution in [3.05, 3.63) is 91.0 Å². The Kier molecular flexibility index (Phi) is 7.58. The van der Waals surface area contributed by atoms with Crippen molar-refractivity contribution in [1.29, 1.82) is 0 Å². The summed E-state index contributed by atoms with van der Waals surface area (Å²) in [7, 11) is 2.26. The van der Waals surface area contributed by atoms with Crippen molar-refractivity contribution >= 4 is 40.2 Å². The second-order valence-electron chi connectivity index (χ2n) is 6.79. The van der Waals surface area contributed by atoms with Crippen molar-refractivity contribution in [3.8, 4) is 0 Å². The van der Waals surface area contributed by atoms with Crippen LogP contribution in [0.25, 0.3) is 0 Å². The molecule has 0 fully saturated rings. The maximum atomic E-state index is 2.43. The van der Waals surface area contributed by atoms with E-state index in [2.05, 4.69) is 117 Å². The van der Waals surface area contributed by atoms with E-state index >= 15 is 0 Å².